The zero-order valence-corrected chi connectivity index (χ0v) is 12.5. The van der Waals surface area contributed by atoms with Crippen molar-refractivity contribution in [3.05, 3.63) is 52.8 Å². The molecule has 0 saturated heterocycles. The van der Waals surface area contributed by atoms with E-state index >= 15 is 0 Å². The van der Waals surface area contributed by atoms with Crippen LogP contribution in [0.3, 0.4) is 0 Å². The highest BCUT2D eigenvalue weighted by atomic mass is 16.1. The summed E-state index contributed by atoms with van der Waals surface area (Å²) in [6.45, 7) is 8.89. The Morgan fingerprint density at radius 1 is 1.40 bits per heavy atom. The number of hydrogen-bond donors (Lipinski definition) is 1. The second-order valence-electron chi connectivity index (χ2n) is 5.07. The van der Waals surface area contributed by atoms with Crippen molar-refractivity contribution in [2.45, 2.75) is 40.3 Å². The smallest absolute Gasteiger partial charge is 0.251 e. The van der Waals surface area contributed by atoms with Gasteiger partial charge in [-0.1, -0.05) is 17.7 Å². The fourth-order valence-electron chi connectivity index (χ4n) is 2.35. The standard InChI is InChI=1S/C16H21N3O/c1-5-19-13(4)15(10-17-19)12(3)18-16(20)14-8-6-7-11(2)9-14/h6-10,12H,5H2,1-4H3,(H,18,20). The Balaban J connectivity index is 2.13. The Morgan fingerprint density at radius 3 is 2.75 bits per heavy atom. The lowest BCUT2D eigenvalue weighted by atomic mass is 10.1. The molecule has 1 N–H and O–H groups in total. The molecule has 1 heterocycles. The van der Waals surface area contributed by atoms with Crippen LogP contribution in [0.5, 0.6) is 0 Å². The number of amides is 1. The molecule has 0 spiro atoms. The number of carbonyl (C=O) groups excluding carboxylic acids is 1. The van der Waals surface area contributed by atoms with Crippen LogP contribution in [-0.4, -0.2) is 15.7 Å². The molecule has 0 radical (unpaired) electrons. The van der Waals surface area contributed by atoms with Gasteiger partial charge in [0.1, 0.15) is 0 Å². The quantitative estimate of drug-likeness (QED) is 0.929. The van der Waals surface area contributed by atoms with Gasteiger partial charge in [-0.25, -0.2) is 0 Å². The number of nitrogens with one attached hydrogen (secondary N) is 1. The van der Waals surface area contributed by atoms with Crippen LogP contribution in [0.15, 0.2) is 30.5 Å². The molecule has 0 bridgehead atoms. The van der Waals surface area contributed by atoms with Gasteiger partial charge in [0.15, 0.2) is 0 Å². The first-order chi connectivity index (χ1) is 9.52. The van der Waals surface area contributed by atoms with E-state index in [-0.39, 0.29) is 11.9 Å². The van der Waals surface area contributed by atoms with Gasteiger partial charge in [-0.3, -0.25) is 9.48 Å². The molecule has 20 heavy (non-hydrogen) atoms. The van der Waals surface area contributed by atoms with Crippen LogP contribution in [0, 0.1) is 13.8 Å². The Kier molecular flexibility index (Phi) is 4.23. The fraction of sp³-hybridized carbons (Fsp3) is 0.375. The monoisotopic (exact) mass is 271 g/mol. The molecule has 2 aromatic rings. The Labute approximate surface area is 119 Å². The molecule has 1 unspecified atom stereocenters. The second kappa shape index (κ2) is 5.90. The van der Waals surface area contributed by atoms with Crippen molar-refractivity contribution >= 4 is 5.91 Å². The van der Waals surface area contributed by atoms with E-state index in [1.54, 1.807) is 0 Å². The van der Waals surface area contributed by atoms with E-state index in [4.69, 9.17) is 0 Å². The lowest BCUT2D eigenvalue weighted by Gasteiger charge is -2.14. The molecule has 4 nitrogen and oxygen atoms in total. The minimum Gasteiger partial charge on any atom is -0.345 e. The molecule has 1 aromatic heterocycles. The van der Waals surface area contributed by atoms with Gasteiger partial charge in [0.05, 0.1) is 12.2 Å². The minimum absolute atomic E-state index is 0.0511. The highest BCUT2D eigenvalue weighted by molar-refractivity contribution is 5.94. The SMILES string of the molecule is CCn1ncc(C(C)NC(=O)c2cccc(C)c2)c1C. The highest BCUT2D eigenvalue weighted by Crippen LogP contribution is 2.17. The average molecular weight is 271 g/mol. The molecular formula is C16H21N3O. The third-order valence-corrected chi connectivity index (χ3v) is 3.54. The molecule has 1 amide bonds. The van der Waals surface area contributed by atoms with Gasteiger partial charge in [0.2, 0.25) is 0 Å². The summed E-state index contributed by atoms with van der Waals surface area (Å²) in [5, 5.41) is 7.34. The minimum atomic E-state index is -0.0525. The van der Waals surface area contributed by atoms with Gasteiger partial charge in [-0.15, -0.1) is 0 Å². The third kappa shape index (κ3) is 2.90. The Hall–Kier alpha value is -2.10. The zero-order valence-electron chi connectivity index (χ0n) is 12.5. The number of aryl methyl sites for hydroxylation is 2. The van der Waals surface area contributed by atoms with Crippen LogP contribution in [-0.2, 0) is 6.54 Å². The number of nitrogens with zero attached hydrogens (tertiary/aromatic N) is 2. The van der Waals surface area contributed by atoms with E-state index in [1.165, 1.54) is 0 Å². The predicted octanol–water partition coefficient (Wildman–Crippen LogP) is 3.01. The van der Waals surface area contributed by atoms with Crippen molar-refractivity contribution in [2.24, 2.45) is 0 Å². The maximum atomic E-state index is 12.2. The van der Waals surface area contributed by atoms with Crippen LogP contribution < -0.4 is 5.32 Å². The van der Waals surface area contributed by atoms with E-state index in [1.807, 2.05) is 55.9 Å². The topological polar surface area (TPSA) is 46.9 Å². The van der Waals surface area contributed by atoms with Crippen LogP contribution in [0.2, 0.25) is 0 Å². The fourth-order valence-corrected chi connectivity index (χ4v) is 2.35. The molecule has 0 aliphatic heterocycles. The van der Waals surface area contributed by atoms with E-state index in [0.717, 1.165) is 23.4 Å². The Bertz CT molecular complexity index is 616. The summed E-state index contributed by atoms with van der Waals surface area (Å²) < 4.78 is 1.94. The van der Waals surface area contributed by atoms with Gasteiger partial charge in [-0.05, 0) is 39.8 Å². The van der Waals surface area contributed by atoms with E-state index in [2.05, 4.69) is 17.3 Å². The first kappa shape index (κ1) is 14.3. The van der Waals surface area contributed by atoms with Crippen LogP contribution >= 0.6 is 0 Å². The number of carbonyl (C=O) groups is 1. The molecule has 4 heteroatoms. The van der Waals surface area contributed by atoms with Gasteiger partial charge < -0.3 is 5.32 Å². The second-order valence-corrected chi connectivity index (χ2v) is 5.07. The molecule has 0 fully saturated rings. The van der Waals surface area contributed by atoms with Crippen molar-refractivity contribution in [1.82, 2.24) is 15.1 Å². The van der Waals surface area contributed by atoms with Gasteiger partial charge in [-0.2, -0.15) is 5.10 Å². The average Bonchev–Trinajstić information content (AvgIpc) is 2.79. The molecular weight excluding hydrogens is 250 g/mol. The molecule has 2 rings (SSSR count). The van der Waals surface area contributed by atoms with Crippen LogP contribution in [0.1, 0.15) is 47.1 Å². The number of aromatic nitrogens is 2. The molecule has 1 atom stereocenters. The maximum absolute atomic E-state index is 12.2. The summed E-state index contributed by atoms with van der Waals surface area (Å²) in [5.41, 5.74) is 3.94. The van der Waals surface area contributed by atoms with Crippen molar-refractivity contribution in [2.75, 3.05) is 0 Å². The molecule has 0 saturated carbocycles. The maximum Gasteiger partial charge on any atom is 0.251 e. The number of rotatable bonds is 4. The third-order valence-electron chi connectivity index (χ3n) is 3.54. The first-order valence-electron chi connectivity index (χ1n) is 6.92. The van der Waals surface area contributed by atoms with Gasteiger partial charge >= 0.3 is 0 Å². The summed E-state index contributed by atoms with van der Waals surface area (Å²) >= 11 is 0. The van der Waals surface area contributed by atoms with Crippen LogP contribution in [0.25, 0.3) is 0 Å². The van der Waals surface area contributed by atoms with E-state index in [0.29, 0.717) is 5.56 Å². The lowest BCUT2D eigenvalue weighted by Crippen LogP contribution is -2.27. The number of hydrogen-bond acceptors (Lipinski definition) is 2. The van der Waals surface area contributed by atoms with Gasteiger partial charge in [0.25, 0.3) is 5.91 Å². The first-order valence-corrected chi connectivity index (χ1v) is 6.92. The largest absolute Gasteiger partial charge is 0.345 e. The summed E-state index contributed by atoms with van der Waals surface area (Å²) in [4.78, 5) is 12.2. The predicted molar refractivity (Wildman–Crippen MR) is 79.7 cm³/mol. The molecule has 0 aliphatic carbocycles. The zero-order chi connectivity index (χ0) is 14.7. The number of benzene rings is 1. The highest BCUT2D eigenvalue weighted by Gasteiger charge is 2.16. The van der Waals surface area contributed by atoms with E-state index in [9.17, 15) is 4.79 Å². The molecule has 106 valence electrons. The molecule has 0 aliphatic rings. The van der Waals surface area contributed by atoms with Crippen molar-refractivity contribution in [1.29, 1.82) is 0 Å². The summed E-state index contributed by atoms with van der Waals surface area (Å²) in [6.07, 6.45) is 1.83. The van der Waals surface area contributed by atoms with Gasteiger partial charge in [0, 0.05) is 23.4 Å². The Morgan fingerprint density at radius 2 is 2.15 bits per heavy atom. The summed E-state index contributed by atoms with van der Waals surface area (Å²) in [5.74, 6) is -0.0511. The van der Waals surface area contributed by atoms with Crippen molar-refractivity contribution in [3.63, 3.8) is 0 Å². The van der Waals surface area contributed by atoms with E-state index < -0.39 is 0 Å². The summed E-state index contributed by atoms with van der Waals surface area (Å²) in [6, 6.07) is 7.55. The molecule has 1 aromatic carbocycles. The normalized spacial score (nSPS) is 12.2. The van der Waals surface area contributed by atoms with Crippen LogP contribution in [0.4, 0.5) is 0 Å². The summed E-state index contributed by atoms with van der Waals surface area (Å²) in [7, 11) is 0. The lowest BCUT2D eigenvalue weighted by molar-refractivity contribution is 0.0939. The van der Waals surface area contributed by atoms with Crippen molar-refractivity contribution < 1.29 is 4.79 Å². The van der Waals surface area contributed by atoms with Crippen molar-refractivity contribution in [3.8, 4) is 0 Å².